The van der Waals surface area contributed by atoms with Gasteiger partial charge in [-0.15, -0.1) is 0 Å². The Morgan fingerprint density at radius 3 is 1.53 bits per heavy atom. The zero-order chi connectivity index (χ0) is 20.8. The number of benzene rings is 4. The number of halogens is 2. The molecule has 30 heavy (non-hydrogen) atoms. The molecule has 4 aromatic rings. The smallest absolute Gasteiger partial charge is 0.0466 e. The van der Waals surface area contributed by atoms with Crippen LogP contribution in [0, 0.1) is 0 Å². The number of hydrogen-bond donors (Lipinski definition) is 0. The molecule has 0 saturated heterocycles. The fraction of sp³-hybridized carbons (Fsp3) is 0.143. The number of rotatable bonds is 3. The third-order valence-corrected chi connectivity index (χ3v) is 7.19. The monoisotopic (exact) mass is 428 g/mol. The Hall–Kier alpha value is -2.54. The summed E-state index contributed by atoms with van der Waals surface area (Å²) in [6.07, 6.45) is 0.937. The molecule has 0 radical (unpaired) electrons. The minimum atomic E-state index is -0.281. The zero-order valence-electron chi connectivity index (χ0n) is 16.8. The highest BCUT2D eigenvalue weighted by Gasteiger charge is 2.52. The first-order chi connectivity index (χ1) is 14.5. The molecule has 0 aromatic heterocycles. The SMILES string of the molecule is CC1(c2ccccc2)CC(c2ccc(Cl)cc2)(c2ccc(Cl)cc2)c2ccccc21. The Bertz CT molecular complexity index is 1130. The molecule has 0 amide bonds. The van der Waals surface area contributed by atoms with E-state index in [0.717, 1.165) is 16.5 Å². The highest BCUT2D eigenvalue weighted by Crippen LogP contribution is 2.58. The van der Waals surface area contributed by atoms with Crippen LogP contribution in [0.2, 0.25) is 10.0 Å². The molecule has 0 nitrogen and oxygen atoms in total. The molecular weight excluding hydrogens is 407 g/mol. The summed E-state index contributed by atoms with van der Waals surface area (Å²) in [5.41, 5.74) is 6.17. The summed E-state index contributed by atoms with van der Waals surface area (Å²) in [7, 11) is 0. The first kappa shape index (κ1) is 19.4. The molecule has 4 aromatic carbocycles. The molecule has 0 N–H and O–H groups in total. The maximum atomic E-state index is 6.27. The second-order valence-corrected chi connectivity index (χ2v) is 9.21. The van der Waals surface area contributed by atoms with Crippen LogP contribution in [-0.4, -0.2) is 0 Å². The van der Waals surface area contributed by atoms with Crippen molar-refractivity contribution in [2.24, 2.45) is 0 Å². The van der Waals surface area contributed by atoms with Gasteiger partial charge in [0.15, 0.2) is 0 Å². The van der Waals surface area contributed by atoms with Gasteiger partial charge >= 0.3 is 0 Å². The van der Waals surface area contributed by atoms with E-state index in [2.05, 4.69) is 85.8 Å². The summed E-state index contributed by atoms with van der Waals surface area (Å²) >= 11 is 12.5. The fourth-order valence-corrected chi connectivity index (χ4v) is 5.52. The first-order valence-electron chi connectivity index (χ1n) is 10.2. The van der Waals surface area contributed by atoms with Gasteiger partial charge in [-0.3, -0.25) is 0 Å². The van der Waals surface area contributed by atoms with Gasteiger partial charge in [0, 0.05) is 20.9 Å². The van der Waals surface area contributed by atoms with E-state index in [0.29, 0.717) is 0 Å². The average molecular weight is 429 g/mol. The van der Waals surface area contributed by atoms with Gasteiger partial charge in [0.25, 0.3) is 0 Å². The summed E-state index contributed by atoms with van der Waals surface area (Å²) in [6.45, 7) is 2.37. The third kappa shape index (κ3) is 2.90. The molecule has 0 heterocycles. The number of hydrogen-bond acceptors (Lipinski definition) is 0. The largest absolute Gasteiger partial charge is 0.0843 e. The lowest BCUT2D eigenvalue weighted by atomic mass is 9.67. The maximum absolute atomic E-state index is 6.27. The van der Waals surface area contributed by atoms with E-state index < -0.39 is 0 Å². The molecule has 0 aliphatic heterocycles. The van der Waals surface area contributed by atoms with Gasteiger partial charge in [-0.2, -0.15) is 0 Å². The topological polar surface area (TPSA) is 0 Å². The van der Waals surface area contributed by atoms with Crippen LogP contribution in [0.25, 0.3) is 0 Å². The van der Waals surface area contributed by atoms with Gasteiger partial charge < -0.3 is 0 Å². The third-order valence-electron chi connectivity index (χ3n) is 6.68. The van der Waals surface area contributed by atoms with Crippen LogP contribution in [0.3, 0.4) is 0 Å². The molecule has 1 unspecified atom stereocenters. The van der Waals surface area contributed by atoms with E-state index >= 15 is 0 Å². The zero-order valence-corrected chi connectivity index (χ0v) is 18.3. The summed E-state index contributed by atoms with van der Waals surface area (Å²) in [6, 6.07) is 36.4. The predicted octanol–water partition coefficient (Wildman–Crippen LogP) is 8.04. The average Bonchev–Trinajstić information content (AvgIpc) is 3.07. The molecule has 5 rings (SSSR count). The van der Waals surface area contributed by atoms with Crippen molar-refractivity contribution in [1.29, 1.82) is 0 Å². The molecule has 148 valence electrons. The molecule has 2 heteroatoms. The van der Waals surface area contributed by atoms with Crippen molar-refractivity contribution in [1.82, 2.24) is 0 Å². The van der Waals surface area contributed by atoms with Crippen molar-refractivity contribution < 1.29 is 0 Å². The van der Waals surface area contributed by atoms with E-state index in [-0.39, 0.29) is 10.8 Å². The Kier molecular flexibility index (Phi) is 4.73. The second-order valence-electron chi connectivity index (χ2n) is 8.34. The van der Waals surface area contributed by atoms with Crippen molar-refractivity contribution in [3.8, 4) is 0 Å². The molecule has 0 fully saturated rings. The molecular formula is C28H22Cl2. The van der Waals surface area contributed by atoms with E-state index in [1.54, 1.807) is 0 Å². The minimum absolute atomic E-state index is 0.114. The van der Waals surface area contributed by atoms with Crippen molar-refractivity contribution in [2.45, 2.75) is 24.2 Å². The lowest BCUT2D eigenvalue weighted by molar-refractivity contribution is 0.473. The lowest BCUT2D eigenvalue weighted by Crippen LogP contribution is -2.30. The Balaban J connectivity index is 1.83. The fourth-order valence-electron chi connectivity index (χ4n) is 5.27. The van der Waals surface area contributed by atoms with Gasteiger partial charge in [0.1, 0.15) is 0 Å². The van der Waals surface area contributed by atoms with Gasteiger partial charge in [-0.1, -0.05) is 109 Å². The summed E-state index contributed by atoms with van der Waals surface area (Å²) < 4.78 is 0. The number of fused-ring (bicyclic) bond motifs is 1. The van der Waals surface area contributed by atoms with E-state index in [9.17, 15) is 0 Å². The van der Waals surface area contributed by atoms with Gasteiger partial charge in [0.2, 0.25) is 0 Å². The Morgan fingerprint density at radius 1 is 0.533 bits per heavy atom. The first-order valence-corrected chi connectivity index (χ1v) is 11.0. The van der Waals surface area contributed by atoms with Crippen LogP contribution in [-0.2, 0) is 10.8 Å². The van der Waals surface area contributed by atoms with Crippen molar-refractivity contribution >= 4 is 23.2 Å². The quantitative estimate of drug-likeness (QED) is 0.309. The van der Waals surface area contributed by atoms with Gasteiger partial charge in [-0.05, 0) is 58.5 Å². The highest BCUT2D eigenvalue weighted by atomic mass is 35.5. The van der Waals surface area contributed by atoms with Crippen molar-refractivity contribution in [2.75, 3.05) is 0 Å². The van der Waals surface area contributed by atoms with Crippen LogP contribution in [0.1, 0.15) is 41.2 Å². The van der Waals surface area contributed by atoms with Crippen molar-refractivity contribution in [3.05, 3.63) is 141 Å². The van der Waals surface area contributed by atoms with E-state index in [4.69, 9.17) is 23.2 Å². The van der Waals surface area contributed by atoms with Crippen LogP contribution in [0.4, 0.5) is 0 Å². The van der Waals surface area contributed by atoms with Crippen LogP contribution in [0.5, 0.6) is 0 Å². The summed E-state index contributed by atoms with van der Waals surface area (Å²) in [5.74, 6) is 0. The molecule has 0 bridgehead atoms. The van der Waals surface area contributed by atoms with E-state index in [1.165, 1.54) is 27.8 Å². The standard InChI is InChI=1S/C28H22Cl2/c1-27(20-7-3-2-4-8-20)19-28(21-11-15-23(29)16-12-21,22-13-17-24(30)18-14-22)26-10-6-5-9-25(26)27/h2-18H,19H2,1H3. The van der Waals surface area contributed by atoms with Crippen LogP contribution in [0.15, 0.2) is 103 Å². The molecule has 0 saturated carbocycles. The van der Waals surface area contributed by atoms with Crippen LogP contribution < -0.4 is 0 Å². The predicted molar refractivity (Wildman–Crippen MR) is 127 cm³/mol. The summed E-state index contributed by atoms with van der Waals surface area (Å²) in [5, 5.41) is 1.50. The second kappa shape index (κ2) is 7.30. The van der Waals surface area contributed by atoms with E-state index in [1.807, 2.05) is 24.3 Å². The normalized spacial score (nSPS) is 19.4. The molecule has 1 aliphatic carbocycles. The lowest BCUT2D eigenvalue weighted by Gasteiger charge is -2.35. The Labute approximate surface area is 188 Å². The molecule has 0 spiro atoms. The van der Waals surface area contributed by atoms with Crippen LogP contribution >= 0.6 is 23.2 Å². The van der Waals surface area contributed by atoms with Gasteiger partial charge in [-0.25, -0.2) is 0 Å². The molecule has 1 aliphatic rings. The highest BCUT2D eigenvalue weighted by molar-refractivity contribution is 6.30. The van der Waals surface area contributed by atoms with Crippen molar-refractivity contribution in [3.63, 3.8) is 0 Å². The molecule has 1 atom stereocenters. The maximum Gasteiger partial charge on any atom is 0.0466 e. The summed E-state index contributed by atoms with van der Waals surface area (Å²) in [4.78, 5) is 0. The van der Waals surface area contributed by atoms with Gasteiger partial charge in [0.05, 0.1) is 0 Å². The minimum Gasteiger partial charge on any atom is -0.0843 e. The Morgan fingerprint density at radius 2 is 1.00 bits per heavy atom.